The highest BCUT2D eigenvalue weighted by molar-refractivity contribution is 14.1. The molecule has 0 amide bonds. The van der Waals surface area contributed by atoms with Crippen molar-refractivity contribution in [3.63, 3.8) is 0 Å². The molecule has 1 aliphatic heterocycles. The summed E-state index contributed by atoms with van der Waals surface area (Å²) in [6, 6.07) is 4.07. The molecule has 0 aromatic heterocycles. The summed E-state index contributed by atoms with van der Waals surface area (Å²) in [6.45, 7) is 2.49. The number of nitrogens with two attached hydrogens (primary N) is 1. The maximum atomic E-state index is 5.80. The van der Waals surface area contributed by atoms with Gasteiger partial charge < -0.3 is 15.8 Å². The molecule has 0 saturated heterocycles. The standard InChI is InChI=1S/C10H14IN3O/c1-10(13-2)14-8-4-6(5-12)3-7(11)9(8)15-10/h3-4,13-14H,5,12H2,1-2H3. The predicted molar refractivity (Wildman–Crippen MR) is 68.8 cm³/mol. The summed E-state index contributed by atoms with van der Waals surface area (Å²) >= 11 is 2.26. The second-order valence-corrected chi connectivity index (χ2v) is 4.83. The van der Waals surface area contributed by atoms with Gasteiger partial charge in [0.05, 0.1) is 9.26 Å². The average molecular weight is 319 g/mol. The Bertz CT molecular complexity index is 396. The van der Waals surface area contributed by atoms with E-state index in [0.29, 0.717) is 6.54 Å². The van der Waals surface area contributed by atoms with Crippen molar-refractivity contribution in [2.24, 2.45) is 5.73 Å². The minimum atomic E-state index is -0.518. The van der Waals surface area contributed by atoms with Crippen molar-refractivity contribution in [1.29, 1.82) is 0 Å². The summed E-state index contributed by atoms with van der Waals surface area (Å²) in [5.41, 5.74) is 7.73. The summed E-state index contributed by atoms with van der Waals surface area (Å²) in [4.78, 5) is 0. The molecule has 0 radical (unpaired) electrons. The van der Waals surface area contributed by atoms with Crippen LogP contribution >= 0.6 is 22.6 Å². The molecule has 0 spiro atoms. The van der Waals surface area contributed by atoms with Gasteiger partial charge in [0.2, 0.25) is 5.85 Å². The third-order valence-corrected chi connectivity index (χ3v) is 3.30. The first-order valence-electron chi connectivity index (χ1n) is 4.76. The highest BCUT2D eigenvalue weighted by atomic mass is 127. The molecule has 4 nitrogen and oxygen atoms in total. The van der Waals surface area contributed by atoms with E-state index in [4.69, 9.17) is 10.5 Å². The van der Waals surface area contributed by atoms with Crippen LogP contribution in [0.3, 0.4) is 0 Å². The lowest BCUT2D eigenvalue weighted by Crippen LogP contribution is -2.49. The number of ether oxygens (including phenoxy) is 1. The first kappa shape index (κ1) is 11.0. The van der Waals surface area contributed by atoms with E-state index in [9.17, 15) is 0 Å². The largest absolute Gasteiger partial charge is 0.452 e. The Morgan fingerprint density at radius 3 is 2.93 bits per heavy atom. The molecule has 15 heavy (non-hydrogen) atoms. The van der Waals surface area contributed by atoms with E-state index in [2.05, 4.69) is 33.2 Å². The van der Waals surface area contributed by atoms with E-state index in [0.717, 1.165) is 20.6 Å². The van der Waals surface area contributed by atoms with E-state index in [1.165, 1.54) is 0 Å². The van der Waals surface area contributed by atoms with Crippen molar-refractivity contribution in [1.82, 2.24) is 5.32 Å². The number of anilines is 1. The normalized spacial score (nSPS) is 23.2. The smallest absolute Gasteiger partial charge is 0.235 e. The van der Waals surface area contributed by atoms with Crippen LogP contribution in [0.4, 0.5) is 5.69 Å². The van der Waals surface area contributed by atoms with Gasteiger partial charge in [-0.2, -0.15) is 0 Å². The van der Waals surface area contributed by atoms with Crippen LogP contribution in [0, 0.1) is 3.57 Å². The van der Waals surface area contributed by atoms with Crippen molar-refractivity contribution in [3.8, 4) is 5.75 Å². The fraction of sp³-hybridized carbons (Fsp3) is 0.400. The molecular weight excluding hydrogens is 305 g/mol. The van der Waals surface area contributed by atoms with E-state index < -0.39 is 5.85 Å². The minimum Gasteiger partial charge on any atom is -0.452 e. The number of hydrogen-bond donors (Lipinski definition) is 3. The highest BCUT2D eigenvalue weighted by Crippen LogP contribution is 2.39. The Morgan fingerprint density at radius 2 is 2.33 bits per heavy atom. The Kier molecular flexibility index (Phi) is 2.78. The number of halogens is 1. The Morgan fingerprint density at radius 1 is 1.60 bits per heavy atom. The van der Waals surface area contributed by atoms with Gasteiger partial charge in [-0.05, 0) is 47.3 Å². The van der Waals surface area contributed by atoms with Gasteiger partial charge in [0, 0.05) is 13.5 Å². The second kappa shape index (κ2) is 3.80. The summed E-state index contributed by atoms with van der Waals surface area (Å²) in [5.74, 6) is 0.375. The molecule has 1 atom stereocenters. The quantitative estimate of drug-likeness (QED) is 0.722. The molecule has 1 unspecified atom stereocenters. The first-order chi connectivity index (χ1) is 7.08. The van der Waals surface area contributed by atoms with Crippen molar-refractivity contribution in [2.45, 2.75) is 19.3 Å². The molecule has 0 bridgehead atoms. The van der Waals surface area contributed by atoms with Gasteiger partial charge in [-0.1, -0.05) is 0 Å². The number of hydrogen-bond acceptors (Lipinski definition) is 4. The highest BCUT2D eigenvalue weighted by Gasteiger charge is 2.33. The molecule has 2 rings (SSSR count). The predicted octanol–water partition coefficient (Wildman–Crippen LogP) is 1.45. The van der Waals surface area contributed by atoms with Crippen molar-refractivity contribution < 1.29 is 4.74 Å². The summed E-state index contributed by atoms with van der Waals surface area (Å²) < 4.78 is 6.88. The third kappa shape index (κ3) is 1.91. The molecule has 82 valence electrons. The van der Waals surface area contributed by atoms with Crippen LogP contribution in [0.1, 0.15) is 12.5 Å². The van der Waals surface area contributed by atoms with Crippen molar-refractivity contribution >= 4 is 28.3 Å². The van der Waals surface area contributed by atoms with E-state index >= 15 is 0 Å². The van der Waals surface area contributed by atoms with E-state index in [-0.39, 0.29) is 0 Å². The van der Waals surface area contributed by atoms with Gasteiger partial charge in [0.25, 0.3) is 0 Å². The van der Waals surface area contributed by atoms with Crippen LogP contribution in [0.15, 0.2) is 12.1 Å². The Hall–Kier alpha value is -0.530. The van der Waals surface area contributed by atoms with Crippen LogP contribution in [0.25, 0.3) is 0 Å². The number of rotatable bonds is 2. The van der Waals surface area contributed by atoms with Crippen molar-refractivity contribution in [2.75, 3.05) is 12.4 Å². The summed E-state index contributed by atoms with van der Waals surface area (Å²) in [7, 11) is 1.86. The topological polar surface area (TPSA) is 59.3 Å². The van der Waals surface area contributed by atoms with E-state index in [1.54, 1.807) is 0 Å². The fourth-order valence-corrected chi connectivity index (χ4v) is 2.36. The molecule has 1 heterocycles. The first-order valence-corrected chi connectivity index (χ1v) is 5.84. The second-order valence-electron chi connectivity index (χ2n) is 3.67. The molecule has 5 heteroatoms. The van der Waals surface area contributed by atoms with Crippen LogP contribution in [-0.2, 0) is 6.54 Å². The molecule has 1 aromatic rings. The van der Waals surface area contributed by atoms with Gasteiger partial charge in [-0.3, -0.25) is 5.32 Å². The molecule has 1 aromatic carbocycles. The third-order valence-electron chi connectivity index (χ3n) is 2.50. The lowest BCUT2D eigenvalue weighted by molar-refractivity contribution is 0.108. The minimum absolute atomic E-state index is 0.518. The fourth-order valence-electron chi connectivity index (χ4n) is 1.56. The molecule has 1 aliphatic rings. The lowest BCUT2D eigenvalue weighted by Gasteiger charge is -2.23. The summed E-state index contributed by atoms with van der Waals surface area (Å²) in [5, 5.41) is 6.37. The monoisotopic (exact) mass is 319 g/mol. The average Bonchev–Trinajstić information content (AvgIpc) is 2.56. The number of benzene rings is 1. The van der Waals surface area contributed by atoms with Gasteiger partial charge in [-0.15, -0.1) is 0 Å². The molecule has 4 N–H and O–H groups in total. The SMILES string of the molecule is CNC1(C)Nc2cc(CN)cc(I)c2O1. The van der Waals surface area contributed by atoms with Crippen LogP contribution in [0.5, 0.6) is 5.75 Å². The number of fused-ring (bicyclic) bond motifs is 1. The van der Waals surface area contributed by atoms with Gasteiger partial charge in [0.1, 0.15) is 0 Å². The van der Waals surface area contributed by atoms with Crippen molar-refractivity contribution in [3.05, 3.63) is 21.3 Å². The zero-order valence-electron chi connectivity index (χ0n) is 8.73. The van der Waals surface area contributed by atoms with Crippen LogP contribution in [0.2, 0.25) is 0 Å². The molecular formula is C10H14IN3O. The summed E-state index contributed by atoms with van der Waals surface area (Å²) in [6.07, 6.45) is 0. The van der Waals surface area contributed by atoms with Crippen LogP contribution in [-0.4, -0.2) is 12.9 Å². The van der Waals surface area contributed by atoms with E-state index in [1.807, 2.05) is 26.1 Å². The molecule has 0 fully saturated rings. The molecule has 0 aliphatic carbocycles. The molecule has 0 saturated carbocycles. The zero-order valence-corrected chi connectivity index (χ0v) is 10.9. The van der Waals surface area contributed by atoms with Gasteiger partial charge in [0.15, 0.2) is 5.75 Å². The number of nitrogens with one attached hydrogen (secondary N) is 2. The van der Waals surface area contributed by atoms with Gasteiger partial charge in [-0.25, -0.2) is 0 Å². The Balaban J connectivity index is 2.42. The zero-order chi connectivity index (χ0) is 11.1. The maximum absolute atomic E-state index is 5.80. The Labute approximate surface area is 103 Å². The van der Waals surface area contributed by atoms with Gasteiger partial charge >= 0.3 is 0 Å². The van der Waals surface area contributed by atoms with Crippen LogP contribution < -0.4 is 21.1 Å². The maximum Gasteiger partial charge on any atom is 0.235 e. The lowest BCUT2D eigenvalue weighted by atomic mass is 10.2.